The van der Waals surface area contributed by atoms with E-state index in [0.29, 0.717) is 0 Å². The zero-order valence-electron chi connectivity index (χ0n) is 6.39. The van der Waals surface area contributed by atoms with Crippen molar-refractivity contribution in [1.82, 2.24) is 0 Å². The van der Waals surface area contributed by atoms with Crippen molar-refractivity contribution in [2.24, 2.45) is 11.7 Å². The molecule has 1 unspecified atom stereocenters. The predicted molar refractivity (Wildman–Crippen MR) is 45.8 cm³/mol. The van der Waals surface area contributed by atoms with Gasteiger partial charge in [-0.05, 0) is 11.7 Å². The molecule has 2 N–H and O–H groups in total. The maximum absolute atomic E-state index is 5.34. The lowest BCUT2D eigenvalue weighted by Crippen LogP contribution is -2.04. The van der Waals surface area contributed by atoms with Crippen LogP contribution in [0.4, 0.5) is 0 Å². The molecule has 1 atom stereocenters. The second-order valence-electron chi connectivity index (χ2n) is 2.38. The van der Waals surface area contributed by atoms with Crippen LogP contribution in [-0.4, -0.2) is 18.1 Å². The van der Waals surface area contributed by atoms with Crippen LogP contribution < -0.4 is 5.73 Å². The molecule has 1 nitrogen and oxygen atoms in total. The first-order chi connectivity index (χ1) is 4.31. The highest BCUT2D eigenvalue weighted by Crippen LogP contribution is 2.09. The predicted octanol–water partition coefficient (Wildman–Crippen LogP) is 1.72. The minimum atomic E-state index is 0.821. The summed E-state index contributed by atoms with van der Waals surface area (Å²) in [6.45, 7) is 5.33. The van der Waals surface area contributed by atoms with Crippen molar-refractivity contribution in [2.45, 2.75) is 20.3 Å². The zero-order chi connectivity index (χ0) is 7.11. The molecule has 0 saturated carbocycles. The van der Waals surface area contributed by atoms with Crippen molar-refractivity contribution >= 4 is 11.8 Å². The summed E-state index contributed by atoms with van der Waals surface area (Å²) in [4.78, 5) is 0. The number of rotatable bonds is 5. The summed E-state index contributed by atoms with van der Waals surface area (Å²) in [5.41, 5.74) is 5.34. The van der Waals surface area contributed by atoms with E-state index in [9.17, 15) is 0 Å². The Kier molecular flexibility index (Phi) is 6.65. The summed E-state index contributed by atoms with van der Waals surface area (Å²) in [6.07, 6.45) is 1.29. The fourth-order valence-electron chi connectivity index (χ4n) is 0.486. The van der Waals surface area contributed by atoms with Crippen LogP contribution in [0, 0.1) is 5.92 Å². The van der Waals surface area contributed by atoms with Gasteiger partial charge in [0.25, 0.3) is 0 Å². The molecule has 56 valence electrons. The maximum atomic E-state index is 5.34. The van der Waals surface area contributed by atoms with E-state index in [1.165, 1.54) is 12.2 Å². The first kappa shape index (κ1) is 9.31. The molecule has 0 amide bonds. The standard InChI is InChI=1S/C7H17NS/c1-3-7(2)6-9-5-4-8/h7H,3-6,8H2,1-2H3. The molecular formula is C7H17NS. The highest BCUT2D eigenvalue weighted by atomic mass is 32.2. The number of hydrogen-bond donors (Lipinski definition) is 1. The van der Waals surface area contributed by atoms with Gasteiger partial charge in [0.05, 0.1) is 0 Å². The van der Waals surface area contributed by atoms with Crippen LogP contribution in [0.3, 0.4) is 0 Å². The van der Waals surface area contributed by atoms with Crippen LogP contribution >= 0.6 is 11.8 Å². The average molecular weight is 147 g/mol. The molecule has 0 aromatic rings. The molecule has 0 aliphatic heterocycles. The van der Waals surface area contributed by atoms with E-state index in [0.717, 1.165) is 18.2 Å². The Morgan fingerprint density at radius 1 is 1.56 bits per heavy atom. The summed E-state index contributed by atoms with van der Waals surface area (Å²) in [5.74, 6) is 3.25. The topological polar surface area (TPSA) is 26.0 Å². The van der Waals surface area contributed by atoms with Gasteiger partial charge in [0, 0.05) is 12.3 Å². The molecule has 0 saturated heterocycles. The first-order valence-corrected chi connectivity index (χ1v) is 4.74. The van der Waals surface area contributed by atoms with Crippen LogP contribution in [-0.2, 0) is 0 Å². The van der Waals surface area contributed by atoms with E-state index < -0.39 is 0 Å². The Balaban J connectivity index is 2.88. The molecule has 0 spiro atoms. The van der Waals surface area contributed by atoms with Crippen molar-refractivity contribution < 1.29 is 0 Å². The summed E-state index contributed by atoms with van der Waals surface area (Å²) < 4.78 is 0. The van der Waals surface area contributed by atoms with Gasteiger partial charge >= 0.3 is 0 Å². The average Bonchev–Trinajstić information content (AvgIpc) is 1.89. The zero-order valence-corrected chi connectivity index (χ0v) is 7.21. The smallest absolute Gasteiger partial charge is 0.00559 e. The quantitative estimate of drug-likeness (QED) is 0.599. The highest BCUT2D eigenvalue weighted by Gasteiger charge is 1.96. The molecule has 0 aliphatic rings. The van der Waals surface area contributed by atoms with Gasteiger partial charge in [-0.1, -0.05) is 20.3 Å². The van der Waals surface area contributed by atoms with Crippen molar-refractivity contribution in [3.63, 3.8) is 0 Å². The molecule has 9 heavy (non-hydrogen) atoms. The molecule has 2 heteroatoms. The fraction of sp³-hybridized carbons (Fsp3) is 1.00. The van der Waals surface area contributed by atoms with Gasteiger partial charge in [0.1, 0.15) is 0 Å². The van der Waals surface area contributed by atoms with Crippen LogP contribution in [0.5, 0.6) is 0 Å². The maximum Gasteiger partial charge on any atom is 0.00559 e. The third-order valence-electron chi connectivity index (χ3n) is 1.36. The van der Waals surface area contributed by atoms with Crippen molar-refractivity contribution in [3.05, 3.63) is 0 Å². The van der Waals surface area contributed by atoms with E-state index in [2.05, 4.69) is 13.8 Å². The largest absolute Gasteiger partial charge is 0.330 e. The van der Waals surface area contributed by atoms with E-state index >= 15 is 0 Å². The minimum absolute atomic E-state index is 0.821. The Morgan fingerprint density at radius 2 is 2.22 bits per heavy atom. The van der Waals surface area contributed by atoms with Crippen molar-refractivity contribution in [2.75, 3.05) is 18.1 Å². The van der Waals surface area contributed by atoms with Crippen LogP contribution in [0.2, 0.25) is 0 Å². The van der Waals surface area contributed by atoms with Crippen molar-refractivity contribution in [3.8, 4) is 0 Å². The van der Waals surface area contributed by atoms with E-state index in [1.807, 2.05) is 11.8 Å². The van der Waals surface area contributed by atoms with Gasteiger partial charge in [0.15, 0.2) is 0 Å². The number of nitrogens with two attached hydrogens (primary N) is 1. The molecule has 0 rings (SSSR count). The van der Waals surface area contributed by atoms with Gasteiger partial charge in [-0.2, -0.15) is 11.8 Å². The summed E-state index contributed by atoms with van der Waals surface area (Å²) in [7, 11) is 0. The third-order valence-corrected chi connectivity index (χ3v) is 2.69. The normalized spacial score (nSPS) is 13.7. The first-order valence-electron chi connectivity index (χ1n) is 3.59. The molecule has 0 radical (unpaired) electrons. The third kappa shape index (κ3) is 6.19. The Morgan fingerprint density at radius 3 is 2.67 bits per heavy atom. The van der Waals surface area contributed by atoms with E-state index in [1.54, 1.807) is 0 Å². The second-order valence-corrected chi connectivity index (χ2v) is 3.53. The monoisotopic (exact) mass is 147 g/mol. The van der Waals surface area contributed by atoms with Crippen LogP contribution in [0.1, 0.15) is 20.3 Å². The van der Waals surface area contributed by atoms with Crippen LogP contribution in [0.15, 0.2) is 0 Å². The molecule has 0 aromatic carbocycles. The second kappa shape index (κ2) is 6.43. The Hall–Kier alpha value is 0.310. The molecule has 0 fully saturated rings. The molecule has 0 aromatic heterocycles. The summed E-state index contributed by atoms with van der Waals surface area (Å²) >= 11 is 1.96. The van der Waals surface area contributed by atoms with Crippen LogP contribution in [0.25, 0.3) is 0 Å². The Labute approximate surface area is 62.4 Å². The van der Waals surface area contributed by atoms with Gasteiger partial charge in [0.2, 0.25) is 0 Å². The fourth-order valence-corrected chi connectivity index (χ4v) is 1.46. The van der Waals surface area contributed by atoms with Gasteiger partial charge in [-0.3, -0.25) is 0 Å². The van der Waals surface area contributed by atoms with Gasteiger partial charge in [-0.15, -0.1) is 0 Å². The molecule has 0 heterocycles. The lowest BCUT2D eigenvalue weighted by molar-refractivity contribution is 0.637. The van der Waals surface area contributed by atoms with Gasteiger partial charge < -0.3 is 5.73 Å². The molecular weight excluding hydrogens is 130 g/mol. The molecule has 0 bridgehead atoms. The van der Waals surface area contributed by atoms with Crippen molar-refractivity contribution in [1.29, 1.82) is 0 Å². The highest BCUT2D eigenvalue weighted by molar-refractivity contribution is 7.99. The van der Waals surface area contributed by atoms with Gasteiger partial charge in [-0.25, -0.2) is 0 Å². The van der Waals surface area contributed by atoms with E-state index in [4.69, 9.17) is 5.73 Å². The molecule has 0 aliphatic carbocycles. The van der Waals surface area contributed by atoms with E-state index in [-0.39, 0.29) is 0 Å². The number of hydrogen-bond acceptors (Lipinski definition) is 2. The SMILES string of the molecule is CCC(C)CSCCN. The summed E-state index contributed by atoms with van der Waals surface area (Å²) in [6, 6.07) is 0. The lowest BCUT2D eigenvalue weighted by Gasteiger charge is -2.05. The minimum Gasteiger partial charge on any atom is -0.330 e. The Bertz CT molecular complexity index is 56.9. The lowest BCUT2D eigenvalue weighted by atomic mass is 10.2. The number of thioether (sulfide) groups is 1. The summed E-state index contributed by atoms with van der Waals surface area (Å²) in [5, 5.41) is 0.